The second-order valence-electron chi connectivity index (χ2n) is 6.08. The number of carbonyl (C=O) groups excluding carboxylic acids is 1. The number of rotatable bonds is 4. The lowest BCUT2D eigenvalue weighted by molar-refractivity contribution is -0.119. The number of imidazole rings is 1. The fraction of sp³-hybridized carbons (Fsp3) is 0.235. The fourth-order valence-electron chi connectivity index (χ4n) is 3.22. The second-order valence-corrected chi connectivity index (χ2v) is 6.08. The standard InChI is InChI=1S/C17H16N6O3/c18-12(24)10-7-4-8-23(10)16-11-14(21-15(19-11)17(25)26)20-13(22-16)9-5-2-1-3-6-9/h1-3,5-6,10H,4,7-8H2,(H2,18,24)(H,25,26)(H,19,20,21,22)/t10-/m0/s1. The number of carboxylic acid groups (broad SMARTS) is 1. The van der Waals surface area contributed by atoms with Crippen LogP contribution in [0.5, 0.6) is 0 Å². The molecule has 26 heavy (non-hydrogen) atoms. The van der Waals surface area contributed by atoms with Crippen LogP contribution in [-0.4, -0.2) is 49.5 Å². The first-order chi connectivity index (χ1) is 12.5. The van der Waals surface area contributed by atoms with Crippen molar-refractivity contribution in [1.29, 1.82) is 0 Å². The maximum atomic E-state index is 11.8. The molecule has 0 bridgehead atoms. The van der Waals surface area contributed by atoms with Crippen LogP contribution in [0.15, 0.2) is 30.3 Å². The van der Waals surface area contributed by atoms with Crippen LogP contribution in [0.25, 0.3) is 22.6 Å². The minimum atomic E-state index is -1.19. The Labute approximate surface area is 147 Å². The molecule has 4 N–H and O–H groups in total. The summed E-state index contributed by atoms with van der Waals surface area (Å²) in [6.45, 7) is 0.593. The van der Waals surface area contributed by atoms with E-state index in [1.807, 2.05) is 30.3 Å². The van der Waals surface area contributed by atoms with Gasteiger partial charge in [0.05, 0.1) is 0 Å². The number of aromatic nitrogens is 4. The Kier molecular flexibility index (Phi) is 3.76. The number of amides is 1. The monoisotopic (exact) mass is 352 g/mol. The molecule has 0 aliphatic carbocycles. The van der Waals surface area contributed by atoms with E-state index < -0.39 is 17.9 Å². The average molecular weight is 352 g/mol. The highest BCUT2D eigenvalue weighted by Crippen LogP contribution is 2.31. The highest BCUT2D eigenvalue weighted by Gasteiger charge is 2.32. The van der Waals surface area contributed by atoms with Crippen molar-refractivity contribution in [2.45, 2.75) is 18.9 Å². The summed E-state index contributed by atoms with van der Waals surface area (Å²) in [6, 6.07) is 8.81. The summed E-state index contributed by atoms with van der Waals surface area (Å²) in [5, 5.41) is 9.24. The Morgan fingerprint density at radius 1 is 1.19 bits per heavy atom. The van der Waals surface area contributed by atoms with Crippen LogP contribution in [0.1, 0.15) is 23.5 Å². The third-order valence-corrected chi connectivity index (χ3v) is 4.42. The first-order valence-electron chi connectivity index (χ1n) is 8.17. The van der Waals surface area contributed by atoms with Crippen LogP contribution in [0, 0.1) is 0 Å². The number of aromatic carboxylic acids is 1. The number of carbonyl (C=O) groups is 2. The third kappa shape index (κ3) is 2.63. The van der Waals surface area contributed by atoms with Gasteiger partial charge in [-0.05, 0) is 12.8 Å². The number of primary amides is 1. The number of hydrogen-bond acceptors (Lipinski definition) is 6. The summed E-state index contributed by atoms with van der Waals surface area (Å²) < 4.78 is 0. The molecule has 2 aromatic heterocycles. The van der Waals surface area contributed by atoms with Gasteiger partial charge in [0.1, 0.15) is 11.6 Å². The van der Waals surface area contributed by atoms with Crippen LogP contribution in [0.2, 0.25) is 0 Å². The molecule has 1 fully saturated rings. The van der Waals surface area contributed by atoms with Crippen molar-refractivity contribution in [1.82, 2.24) is 19.9 Å². The summed E-state index contributed by atoms with van der Waals surface area (Å²) in [6.07, 6.45) is 1.42. The molecule has 0 radical (unpaired) electrons. The van der Waals surface area contributed by atoms with Gasteiger partial charge >= 0.3 is 5.97 Å². The van der Waals surface area contributed by atoms with Crippen LogP contribution in [0.3, 0.4) is 0 Å². The molecular formula is C17H16N6O3. The molecule has 3 heterocycles. The lowest BCUT2D eigenvalue weighted by Gasteiger charge is -2.23. The number of fused-ring (bicyclic) bond motifs is 1. The summed E-state index contributed by atoms with van der Waals surface area (Å²) in [5.41, 5.74) is 6.92. The van der Waals surface area contributed by atoms with Gasteiger partial charge < -0.3 is 20.7 Å². The van der Waals surface area contributed by atoms with Crippen LogP contribution < -0.4 is 10.6 Å². The summed E-state index contributed by atoms with van der Waals surface area (Å²) in [5.74, 6) is -1.01. The van der Waals surface area contributed by atoms with Gasteiger partial charge in [-0.2, -0.15) is 0 Å². The largest absolute Gasteiger partial charge is 0.475 e. The van der Waals surface area contributed by atoms with Gasteiger partial charge in [0.15, 0.2) is 17.3 Å². The Morgan fingerprint density at radius 2 is 1.96 bits per heavy atom. The Bertz CT molecular complexity index is 1000. The lowest BCUT2D eigenvalue weighted by atomic mass is 10.2. The van der Waals surface area contributed by atoms with Gasteiger partial charge in [-0.25, -0.2) is 19.7 Å². The molecule has 9 heteroatoms. The van der Waals surface area contributed by atoms with Gasteiger partial charge in [-0.1, -0.05) is 30.3 Å². The van der Waals surface area contributed by atoms with Gasteiger partial charge in [0.25, 0.3) is 0 Å². The van der Waals surface area contributed by atoms with E-state index in [9.17, 15) is 14.7 Å². The van der Waals surface area contributed by atoms with Crippen molar-refractivity contribution in [3.8, 4) is 11.4 Å². The van der Waals surface area contributed by atoms with Crippen LogP contribution >= 0.6 is 0 Å². The first-order valence-corrected chi connectivity index (χ1v) is 8.17. The number of aromatic amines is 1. The molecule has 1 atom stereocenters. The quantitative estimate of drug-likeness (QED) is 0.640. The molecular weight excluding hydrogens is 336 g/mol. The number of carboxylic acids is 1. The zero-order valence-electron chi connectivity index (χ0n) is 13.7. The number of nitrogens with two attached hydrogens (primary N) is 1. The van der Waals surface area contributed by atoms with E-state index in [1.54, 1.807) is 4.90 Å². The molecule has 3 aromatic rings. The minimum Gasteiger partial charge on any atom is -0.475 e. The molecule has 0 spiro atoms. The molecule has 1 aliphatic rings. The van der Waals surface area contributed by atoms with E-state index >= 15 is 0 Å². The predicted molar refractivity (Wildman–Crippen MR) is 93.6 cm³/mol. The molecule has 4 rings (SSSR count). The van der Waals surface area contributed by atoms with E-state index in [2.05, 4.69) is 19.9 Å². The maximum Gasteiger partial charge on any atom is 0.371 e. The fourth-order valence-corrected chi connectivity index (χ4v) is 3.22. The van der Waals surface area contributed by atoms with Crippen molar-refractivity contribution in [2.75, 3.05) is 11.4 Å². The molecule has 1 aliphatic heterocycles. The smallest absolute Gasteiger partial charge is 0.371 e. The highest BCUT2D eigenvalue weighted by molar-refractivity contribution is 5.94. The van der Waals surface area contributed by atoms with Gasteiger partial charge in [-0.3, -0.25) is 4.79 Å². The zero-order chi connectivity index (χ0) is 18.3. The van der Waals surface area contributed by atoms with E-state index in [4.69, 9.17) is 5.73 Å². The minimum absolute atomic E-state index is 0.226. The predicted octanol–water partition coefficient (Wildman–Crippen LogP) is 1.17. The zero-order valence-corrected chi connectivity index (χ0v) is 13.7. The Morgan fingerprint density at radius 3 is 2.65 bits per heavy atom. The number of hydrogen-bond donors (Lipinski definition) is 3. The molecule has 132 valence electrons. The number of anilines is 1. The number of nitrogens with one attached hydrogen (secondary N) is 1. The van der Waals surface area contributed by atoms with Crippen molar-refractivity contribution in [2.24, 2.45) is 5.73 Å². The van der Waals surface area contributed by atoms with Crippen LogP contribution in [0.4, 0.5) is 5.82 Å². The maximum absolute atomic E-state index is 11.8. The number of benzene rings is 1. The van der Waals surface area contributed by atoms with Gasteiger partial charge in [0.2, 0.25) is 11.7 Å². The SMILES string of the molecule is NC(=O)[C@@H]1CCCN1c1nc(-c2ccccc2)nc2nc(C(=O)O)[nH]c12. The van der Waals surface area contributed by atoms with Crippen LogP contribution in [-0.2, 0) is 4.79 Å². The van der Waals surface area contributed by atoms with Gasteiger partial charge in [-0.15, -0.1) is 0 Å². The second kappa shape index (κ2) is 6.10. The third-order valence-electron chi connectivity index (χ3n) is 4.42. The average Bonchev–Trinajstić information content (AvgIpc) is 3.28. The van der Waals surface area contributed by atoms with E-state index in [1.165, 1.54) is 0 Å². The van der Waals surface area contributed by atoms with E-state index in [-0.39, 0.29) is 11.5 Å². The first kappa shape index (κ1) is 16.0. The van der Waals surface area contributed by atoms with Crippen molar-refractivity contribution >= 4 is 28.9 Å². The van der Waals surface area contributed by atoms with Crippen molar-refractivity contribution < 1.29 is 14.7 Å². The molecule has 1 saturated heterocycles. The summed E-state index contributed by atoms with van der Waals surface area (Å²) in [4.78, 5) is 40.7. The Hall–Kier alpha value is -3.49. The highest BCUT2D eigenvalue weighted by atomic mass is 16.4. The molecule has 1 aromatic carbocycles. The lowest BCUT2D eigenvalue weighted by Crippen LogP contribution is -2.41. The molecule has 0 saturated carbocycles. The normalized spacial score (nSPS) is 16.9. The number of H-pyrrole nitrogens is 1. The Balaban J connectivity index is 1.94. The topological polar surface area (TPSA) is 138 Å². The van der Waals surface area contributed by atoms with Gasteiger partial charge in [0, 0.05) is 12.1 Å². The summed E-state index contributed by atoms with van der Waals surface area (Å²) >= 11 is 0. The van der Waals surface area contributed by atoms with Crippen molar-refractivity contribution in [3.63, 3.8) is 0 Å². The van der Waals surface area contributed by atoms with Crippen molar-refractivity contribution in [3.05, 3.63) is 36.2 Å². The summed E-state index contributed by atoms with van der Waals surface area (Å²) in [7, 11) is 0. The molecule has 1 amide bonds. The van der Waals surface area contributed by atoms with E-state index in [0.29, 0.717) is 30.1 Å². The number of nitrogens with zero attached hydrogens (tertiary/aromatic N) is 4. The molecule has 9 nitrogen and oxygen atoms in total. The molecule has 0 unspecified atom stereocenters. The van der Waals surface area contributed by atoms with E-state index in [0.717, 1.165) is 12.0 Å².